The SMILES string of the molecule is CN1C(=O)C=C[C@@]2(C)C1CC[C@@H]1[C@H]2CC[C@]2(C)C(NC(=O)Cc3ccsc3)CC[C@@H]12. The molecule has 3 saturated carbocycles. The average Bonchev–Trinajstić information content (AvgIpc) is 3.33. The Kier molecular flexibility index (Phi) is 4.88. The molecular formula is C25H34N2O2S. The molecule has 0 spiro atoms. The van der Waals surface area contributed by atoms with Gasteiger partial charge in [0.2, 0.25) is 11.8 Å². The van der Waals surface area contributed by atoms with Crippen molar-refractivity contribution in [2.45, 2.75) is 70.9 Å². The molecule has 1 N–H and O–H groups in total. The van der Waals surface area contributed by atoms with Crippen molar-refractivity contribution in [3.8, 4) is 0 Å². The van der Waals surface area contributed by atoms with Crippen LogP contribution < -0.4 is 5.32 Å². The number of nitrogens with one attached hydrogen (secondary N) is 1. The lowest BCUT2D eigenvalue weighted by Crippen LogP contribution is -2.60. The topological polar surface area (TPSA) is 49.4 Å². The molecule has 1 aromatic heterocycles. The van der Waals surface area contributed by atoms with E-state index in [1.165, 1.54) is 25.7 Å². The third kappa shape index (κ3) is 2.99. The summed E-state index contributed by atoms with van der Waals surface area (Å²) in [7, 11) is 1.98. The Bertz CT molecular complexity index is 865. The normalized spacial score (nSPS) is 42.4. The summed E-state index contributed by atoms with van der Waals surface area (Å²) in [6.07, 6.45) is 11.6. The highest BCUT2D eigenvalue weighted by Crippen LogP contribution is 2.63. The standard InChI is InChI=1S/C25H34N2O2S/c1-24-11-8-19-17(4-7-21-25(19,2)12-9-23(29)27(21)3)18(24)5-6-20(24)26-22(28)14-16-10-13-30-15-16/h9-10,12-13,15,17-21H,4-8,11,14H2,1-3H3,(H,26,28)/t17-,18-,19+,20?,21?,24-,25+/m0/s1. The molecule has 3 aliphatic carbocycles. The molecule has 0 aromatic carbocycles. The number of likely N-dealkylation sites (N-methyl/N-ethyl adjacent to an activating group) is 1. The van der Waals surface area contributed by atoms with Crippen LogP contribution in [0.3, 0.4) is 0 Å². The Morgan fingerprint density at radius 2 is 2.03 bits per heavy atom. The van der Waals surface area contributed by atoms with E-state index in [-0.39, 0.29) is 22.6 Å². The maximum Gasteiger partial charge on any atom is 0.246 e. The van der Waals surface area contributed by atoms with Crippen molar-refractivity contribution in [1.82, 2.24) is 10.2 Å². The maximum atomic E-state index is 12.7. The fraction of sp³-hybridized carbons (Fsp3) is 0.680. The van der Waals surface area contributed by atoms with E-state index < -0.39 is 0 Å². The molecule has 2 amide bonds. The van der Waals surface area contributed by atoms with Gasteiger partial charge in [0, 0.05) is 24.5 Å². The van der Waals surface area contributed by atoms with E-state index >= 15 is 0 Å². The van der Waals surface area contributed by atoms with E-state index in [2.05, 4.69) is 30.6 Å². The number of hydrogen-bond donors (Lipinski definition) is 1. The van der Waals surface area contributed by atoms with Gasteiger partial charge in [0.15, 0.2) is 0 Å². The summed E-state index contributed by atoms with van der Waals surface area (Å²) in [5, 5.41) is 7.54. The molecule has 5 heteroatoms. The van der Waals surface area contributed by atoms with Gasteiger partial charge in [-0.1, -0.05) is 19.9 Å². The van der Waals surface area contributed by atoms with Gasteiger partial charge in [0.25, 0.3) is 0 Å². The number of hydrogen-bond acceptors (Lipinski definition) is 3. The van der Waals surface area contributed by atoms with Crippen molar-refractivity contribution in [3.05, 3.63) is 34.5 Å². The quantitative estimate of drug-likeness (QED) is 0.778. The Morgan fingerprint density at radius 1 is 1.20 bits per heavy atom. The number of carbonyl (C=O) groups excluding carboxylic acids is 2. The van der Waals surface area contributed by atoms with E-state index in [4.69, 9.17) is 0 Å². The Labute approximate surface area is 184 Å². The van der Waals surface area contributed by atoms with Crippen LogP contribution in [0, 0.1) is 28.6 Å². The molecule has 5 rings (SSSR count). The van der Waals surface area contributed by atoms with E-state index in [1.54, 1.807) is 11.3 Å². The van der Waals surface area contributed by atoms with Gasteiger partial charge in [-0.05, 0) is 90.2 Å². The summed E-state index contributed by atoms with van der Waals surface area (Å²) in [6, 6.07) is 2.68. The first-order valence-corrected chi connectivity index (χ1v) is 12.5. The number of amides is 2. The lowest BCUT2D eigenvalue weighted by molar-refractivity contribution is -0.138. The van der Waals surface area contributed by atoms with Crippen molar-refractivity contribution in [1.29, 1.82) is 0 Å². The number of fused-ring (bicyclic) bond motifs is 5. The van der Waals surface area contributed by atoms with Crippen molar-refractivity contribution >= 4 is 23.2 Å². The number of rotatable bonds is 3. The Morgan fingerprint density at radius 3 is 2.80 bits per heavy atom. The average molecular weight is 427 g/mol. The van der Waals surface area contributed by atoms with Gasteiger partial charge < -0.3 is 10.2 Å². The van der Waals surface area contributed by atoms with Gasteiger partial charge in [-0.2, -0.15) is 11.3 Å². The summed E-state index contributed by atoms with van der Waals surface area (Å²) in [6.45, 7) is 4.84. The van der Waals surface area contributed by atoms with Crippen molar-refractivity contribution in [2.75, 3.05) is 7.05 Å². The van der Waals surface area contributed by atoms with Gasteiger partial charge in [0.1, 0.15) is 0 Å². The molecule has 30 heavy (non-hydrogen) atoms. The minimum Gasteiger partial charge on any atom is -0.353 e. The first-order chi connectivity index (χ1) is 14.3. The monoisotopic (exact) mass is 426 g/mol. The van der Waals surface area contributed by atoms with Crippen LogP contribution in [0.1, 0.15) is 57.9 Å². The number of thiophene rings is 1. The highest BCUT2D eigenvalue weighted by Gasteiger charge is 2.60. The minimum atomic E-state index is 0.0905. The van der Waals surface area contributed by atoms with Crippen LogP contribution in [0.5, 0.6) is 0 Å². The molecule has 0 bridgehead atoms. The molecule has 1 aliphatic heterocycles. The highest BCUT2D eigenvalue weighted by atomic mass is 32.1. The molecule has 0 radical (unpaired) electrons. The third-order valence-electron chi connectivity index (χ3n) is 9.41. The molecule has 162 valence electrons. The van der Waals surface area contributed by atoms with Gasteiger partial charge >= 0.3 is 0 Å². The molecule has 4 nitrogen and oxygen atoms in total. The predicted octanol–water partition coefficient (Wildman–Crippen LogP) is 4.41. The zero-order valence-corrected chi connectivity index (χ0v) is 19.2. The molecular weight excluding hydrogens is 392 g/mol. The second kappa shape index (κ2) is 7.22. The van der Waals surface area contributed by atoms with Gasteiger partial charge in [-0.15, -0.1) is 0 Å². The smallest absolute Gasteiger partial charge is 0.246 e. The summed E-state index contributed by atoms with van der Waals surface area (Å²) in [5.41, 5.74) is 1.41. The van der Waals surface area contributed by atoms with Gasteiger partial charge in [-0.25, -0.2) is 0 Å². The molecule has 1 aromatic rings. The largest absolute Gasteiger partial charge is 0.353 e. The van der Waals surface area contributed by atoms with Crippen LogP contribution in [0.4, 0.5) is 0 Å². The number of nitrogens with zero attached hydrogens (tertiary/aromatic N) is 1. The lowest BCUT2D eigenvalue weighted by Gasteiger charge is -2.60. The zero-order chi connectivity index (χ0) is 21.1. The fourth-order valence-electron chi connectivity index (χ4n) is 7.80. The van der Waals surface area contributed by atoms with Crippen LogP contribution in [0.25, 0.3) is 0 Å². The first kappa shape index (κ1) is 20.3. The van der Waals surface area contributed by atoms with E-state index in [1.807, 2.05) is 29.5 Å². The van der Waals surface area contributed by atoms with Crippen molar-refractivity contribution in [2.24, 2.45) is 28.6 Å². The predicted molar refractivity (Wildman–Crippen MR) is 120 cm³/mol. The van der Waals surface area contributed by atoms with Gasteiger partial charge in [0.05, 0.1) is 6.42 Å². The van der Waals surface area contributed by atoms with Crippen LogP contribution in [-0.4, -0.2) is 35.8 Å². The van der Waals surface area contributed by atoms with Crippen LogP contribution in [-0.2, 0) is 16.0 Å². The molecule has 2 heterocycles. The molecule has 2 unspecified atom stereocenters. The van der Waals surface area contributed by atoms with Crippen LogP contribution >= 0.6 is 11.3 Å². The van der Waals surface area contributed by atoms with E-state index in [9.17, 15) is 9.59 Å². The highest BCUT2D eigenvalue weighted by molar-refractivity contribution is 7.08. The van der Waals surface area contributed by atoms with E-state index in [0.29, 0.717) is 36.3 Å². The van der Waals surface area contributed by atoms with Crippen molar-refractivity contribution in [3.63, 3.8) is 0 Å². The van der Waals surface area contributed by atoms with Gasteiger partial charge in [-0.3, -0.25) is 9.59 Å². The maximum absolute atomic E-state index is 12.7. The molecule has 0 saturated heterocycles. The third-order valence-corrected chi connectivity index (χ3v) is 10.1. The Balaban J connectivity index is 1.33. The zero-order valence-electron chi connectivity index (χ0n) is 18.4. The summed E-state index contributed by atoms with van der Waals surface area (Å²) >= 11 is 1.65. The van der Waals surface area contributed by atoms with Crippen molar-refractivity contribution < 1.29 is 9.59 Å². The number of carbonyl (C=O) groups is 2. The minimum absolute atomic E-state index is 0.0905. The second-order valence-electron chi connectivity index (χ2n) is 10.7. The lowest BCUT2D eigenvalue weighted by atomic mass is 9.48. The van der Waals surface area contributed by atoms with E-state index in [0.717, 1.165) is 18.4 Å². The summed E-state index contributed by atoms with van der Waals surface area (Å²) in [5.74, 6) is 2.35. The van der Waals surface area contributed by atoms with Crippen LogP contribution in [0.15, 0.2) is 29.0 Å². The first-order valence-electron chi connectivity index (χ1n) is 11.6. The fourth-order valence-corrected chi connectivity index (χ4v) is 8.47. The molecule has 7 atom stereocenters. The molecule has 4 aliphatic rings. The Hall–Kier alpha value is -1.62. The summed E-state index contributed by atoms with van der Waals surface area (Å²) in [4.78, 5) is 27.0. The van der Waals surface area contributed by atoms with Crippen LogP contribution in [0.2, 0.25) is 0 Å². The molecule has 3 fully saturated rings. The summed E-state index contributed by atoms with van der Waals surface area (Å²) < 4.78 is 0. The second-order valence-corrected chi connectivity index (χ2v) is 11.4.